The Balaban J connectivity index is 1.96. The molecule has 0 radical (unpaired) electrons. The van der Waals surface area contributed by atoms with Crippen molar-refractivity contribution in [2.75, 3.05) is 13.1 Å². The standard InChI is InChI=1S/C12H21N3/c1-9-5-4-6-15(7-9)8-12-13-10(2)11(3)14-12/h9H,4-8H2,1-3H3,(H,13,14). The van der Waals surface area contributed by atoms with Crippen LogP contribution < -0.4 is 0 Å². The minimum atomic E-state index is 0.843. The molecule has 3 heteroatoms. The van der Waals surface area contributed by atoms with Gasteiger partial charge in [0.05, 0.1) is 12.2 Å². The van der Waals surface area contributed by atoms with Crippen molar-refractivity contribution in [2.24, 2.45) is 5.92 Å². The number of piperidine rings is 1. The third-order valence-electron chi connectivity index (χ3n) is 3.29. The van der Waals surface area contributed by atoms with E-state index in [9.17, 15) is 0 Å². The van der Waals surface area contributed by atoms with Crippen molar-refractivity contribution in [1.82, 2.24) is 14.9 Å². The number of nitrogens with zero attached hydrogens (tertiary/aromatic N) is 2. The van der Waals surface area contributed by atoms with Crippen LogP contribution in [0, 0.1) is 19.8 Å². The molecule has 15 heavy (non-hydrogen) atoms. The van der Waals surface area contributed by atoms with Crippen molar-refractivity contribution in [2.45, 2.75) is 40.2 Å². The third-order valence-corrected chi connectivity index (χ3v) is 3.29. The van der Waals surface area contributed by atoms with Crippen LogP contribution in [0.4, 0.5) is 0 Å². The maximum absolute atomic E-state index is 4.53. The lowest BCUT2D eigenvalue weighted by atomic mass is 10.0. The maximum Gasteiger partial charge on any atom is 0.120 e. The molecule has 2 rings (SSSR count). The van der Waals surface area contributed by atoms with E-state index in [1.54, 1.807) is 0 Å². The SMILES string of the molecule is Cc1nc(CN2CCCC(C)C2)[nH]c1C. The van der Waals surface area contributed by atoms with Crippen molar-refractivity contribution in [3.8, 4) is 0 Å². The Morgan fingerprint density at radius 2 is 2.27 bits per heavy atom. The number of rotatable bonds is 2. The van der Waals surface area contributed by atoms with E-state index >= 15 is 0 Å². The van der Waals surface area contributed by atoms with Crippen LogP contribution in [-0.4, -0.2) is 28.0 Å². The Kier molecular flexibility index (Phi) is 3.10. The molecule has 1 aliphatic heterocycles. The first kappa shape index (κ1) is 10.7. The molecular formula is C12H21N3. The first-order valence-corrected chi connectivity index (χ1v) is 5.89. The van der Waals surface area contributed by atoms with Crippen LogP contribution in [-0.2, 0) is 6.54 Å². The smallest absolute Gasteiger partial charge is 0.120 e. The Bertz CT molecular complexity index is 310. The molecule has 3 nitrogen and oxygen atoms in total. The Morgan fingerprint density at radius 3 is 2.87 bits per heavy atom. The number of nitrogens with one attached hydrogen (secondary N) is 1. The highest BCUT2D eigenvalue weighted by molar-refractivity contribution is 5.10. The number of hydrogen-bond donors (Lipinski definition) is 1. The molecule has 1 saturated heterocycles. The zero-order valence-corrected chi connectivity index (χ0v) is 10.0. The second-order valence-corrected chi connectivity index (χ2v) is 4.88. The van der Waals surface area contributed by atoms with Crippen molar-refractivity contribution in [1.29, 1.82) is 0 Å². The summed E-state index contributed by atoms with van der Waals surface area (Å²) in [6.07, 6.45) is 2.71. The molecule has 0 aromatic carbocycles. The van der Waals surface area contributed by atoms with Gasteiger partial charge in [0.1, 0.15) is 5.82 Å². The highest BCUT2D eigenvalue weighted by atomic mass is 15.2. The first-order valence-electron chi connectivity index (χ1n) is 5.89. The molecule has 1 aromatic heterocycles. The molecule has 1 N–H and O–H groups in total. The molecular weight excluding hydrogens is 186 g/mol. The molecule has 1 unspecified atom stereocenters. The van der Waals surface area contributed by atoms with Crippen LogP contribution in [0.3, 0.4) is 0 Å². The second-order valence-electron chi connectivity index (χ2n) is 4.88. The fourth-order valence-corrected chi connectivity index (χ4v) is 2.34. The number of likely N-dealkylation sites (tertiary alicyclic amines) is 1. The minimum Gasteiger partial charge on any atom is -0.345 e. The molecule has 1 aromatic rings. The van der Waals surface area contributed by atoms with Crippen molar-refractivity contribution >= 4 is 0 Å². The topological polar surface area (TPSA) is 31.9 Å². The summed E-state index contributed by atoms with van der Waals surface area (Å²) in [7, 11) is 0. The average Bonchev–Trinajstić information content (AvgIpc) is 2.45. The van der Waals surface area contributed by atoms with E-state index in [0.717, 1.165) is 24.0 Å². The lowest BCUT2D eigenvalue weighted by Crippen LogP contribution is -2.34. The number of hydrogen-bond acceptors (Lipinski definition) is 2. The van der Waals surface area contributed by atoms with Crippen molar-refractivity contribution < 1.29 is 0 Å². The Morgan fingerprint density at radius 1 is 1.47 bits per heavy atom. The van der Waals surface area contributed by atoms with Gasteiger partial charge in [-0.3, -0.25) is 4.90 Å². The van der Waals surface area contributed by atoms with Gasteiger partial charge in [-0.2, -0.15) is 0 Å². The van der Waals surface area contributed by atoms with Gasteiger partial charge in [0.25, 0.3) is 0 Å². The summed E-state index contributed by atoms with van der Waals surface area (Å²) in [6.45, 7) is 9.92. The number of aryl methyl sites for hydroxylation is 2. The van der Waals surface area contributed by atoms with Gasteiger partial charge in [0, 0.05) is 12.2 Å². The first-order chi connectivity index (χ1) is 7.15. The van der Waals surface area contributed by atoms with E-state index in [0.29, 0.717) is 0 Å². The number of H-pyrrole nitrogens is 1. The summed E-state index contributed by atoms with van der Waals surface area (Å²) in [5.41, 5.74) is 2.34. The number of aromatic nitrogens is 2. The van der Waals surface area contributed by atoms with Crippen LogP contribution >= 0.6 is 0 Å². The Labute approximate surface area is 91.9 Å². The van der Waals surface area contributed by atoms with E-state index < -0.39 is 0 Å². The molecule has 0 amide bonds. The summed E-state index contributed by atoms with van der Waals surface area (Å²) < 4.78 is 0. The van der Waals surface area contributed by atoms with E-state index in [1.165, 1.54) is 31.6 Å². The van der Waals surface area contributed by atoms with Crippen LogP contribution in [0.15, 0.2) is 0 Å². The van der Waals surface area contributed by atoms with Crippen LogP contribution in [0.25, 0.3) is 0 Å². The van der Waals surface area contributed by atoms with Gasteiger partial charge >= 0.3 is 0 Å². The van der Waals surface area contributed by atoms with E-state index in [1.807, 2.05) is 0 Å². The fraction of sp³-hybridized carbons (Fsp3) is 0.750. The van der Waals surface area contributed by atoms with Crippen LogP contribution in [0.2, 0.25) is 0 Å². The van der Waals surface area contributed by atoms with E-state index in [-0.39, 0.29) is 0 Å². The van der Waals surface area contributed by atoms with Gasteiger partial charge in [-0.25, -0.2) is 4.98 Å². The molecule has 0 spiro atoms. The van der Waals surface area contributed by atoms with Crippen LogP contribution in [0.5, 0.6) is 0 Å². The van der Waals surface area contributed by atoms with Crippen molar-refractivity contribution in [3.63, 3.8) is 0 Å². The zero-order chi connectivity index (χ0) is 10.8. The van der Waals surface area contributed by atoms with Gasteiger partial charge < -0.3 is 4.98 Å². The molecule has 2 heterocycles. The molecule has 84 valence electrons. The molecule has 1 atom stereocenters. The maximum atomic E-state index is 4.53. The summed E-state index contributed by atoms with van der Waals surface area (Å²) >= 11 is 0. The summed E-state index contributed by atoms with van der Waals surface area (Å²) in [5.74, 6) is 1.97. The van der Waals surface area contributed by atoms with Crippen molar-refractivity contribution in [3.05, 3.63) is 17.2 Å². The van der Waals surface area contributed by atoms with E-state index in [2.05, 4.69) is 35.6 Å². The predicted octanol–water partition coefficient (Wildman–Crippen LogP) is 2.26. The quantitative estimate of drug-likeness (QED) is 0.806. The summed E-state index contributed by atoms with van der Waals surface area (Å²) in [4.78, 5) is 10.4. The summed E-state index contributed by atoms with van der Waals surface area (Å²) in [6, 6.07) is 0. The molecule has 0 bridgehead atoms. The highest BCUT2D eigenvalue weighted by Gasteiger charge is 2.17. The third kappa shape index (κ3) is 2.59. The van der Waals surface area contributed by atoms with Crippen LogP contribution in [0.1, 0.15) is 37.0 Å². The highest BCUT2D eigenvalue weighted by Crippen LogP contribution is 2.17. The summed E-state index contributed by atoms with van der Waals surface area (Å²) in [5, 5.41) is 0. The second kappa shape index (κ2) is 4.35. The Hall–Kier alpha value is -0.830. The van der Waals surface area contributed by atoms with Gasteiger partial charge in [0.2, 0.25) is 0 Å². The molecule has 0 aliphatic carbocycles. The zero-order valence-electron chi connectivity index (χ0n) is 10.0. The van der Waals surface area contributed by atoms with E-state index in [4.69, 9.17) is 0 Å². The van der Waals surface area contributed by atoms with Gasteiger partial charge in [0.15, 0.2) is 0 Å². The van der Waals surface area contributed by atoms with Gasteiger partial charge in [-0.1, -0.05) is 6.92 Å². The molecule has 0 saturated carbocycles. The monoisotopic (exact) mass is 207 g/mol. The van der Waals surface area contributed by atoms with Gasteiger partial charge in [-0.15, -0.1) is 0 Å². The largest absolute Gasteiger partial charge is 0.345 e. The minimum absolute atomic E-state index is 0.843. The predicted molar refractivity (Wildman–Crippen MR) is 61.7 cm³/mol. The lowest BCUT2D eigenvalue weighted by molar-refractivity contribution is 0.173. The fourth-order valence-electron chi connectivity index (χ4n) is 2.34. The number of aromatic amines is 1. The molecule has 1 aliphatic rings. The average molecular weight is 207 g/mol. The number of imidazole rings is 1. The normalized spacial score (nSPS) is 23.3. The van der Waals surface area contributed by atoms with Gasteiger partial charge in [-0.05, 0) is 39.2 Å². The lowest BCUT2D eigenvalue weighted by Gasteiger charge is -2.29. The molecule has 1 fully saturated rings.